The van der Waals surface area contributed by atoms with Gasteiger partial charge in [0.25, 0.3) is 0 Å². The lowest BCUT2D eigenvalue weighted by Gasteiger charge is -2.12. The van der Waals surface area contributed by atoms with Crippen LogP contribution >= 0.6 is 0 Å². The molecular weight excluding hydrogens is 318 g/mol. The van der Waals surface area contributed by atoms with Crippen LogP contribution in [0.15, 0.2) is 34.7 Å². The van der Waals surface area contributed by atoms with Gasteiger partial charge in [0, 0.05) is 24.0 Å². The molecule has 0 spiro atoms. The average Bonchev–Trinajstić information content (AvgIpc) is 3.15. The summed E-state index contributed by atoms with van der Waals surface area (Å²) >= 11 is 0. The molecule has 1 aromatic carbocycles. The normalized spacial score (nSPS) is 12.3. The van der Waals surface area contributed by atoms with Crippen LogP contribution in [0.3, 0.4) is 0 Å². The number of methoxy groups -OCH3 is 1. The first-order valence-corrected chi connectivity index (χ1v) is 8.35. The van der Waals surface area contributed by atoms with Crippen molar-refractivity contribution in [3.63, 3.8) is 0 Å². The van der Waals surface area contributed by atoms with Gasteiger partial charge >= 0.3 is 0 Å². The number of aryl methyl sites for hydroxylation is 3. The number of fused-ring (bicyclic) bond motifs is 1. The molecule has 2 aromatic heterocycles. The summed E-state index contributed by atoms with van der Waals surface area (Å²) < 4.78 is 13.0. The Labute approximate surface area is 146 Å². The maximum absolute atomic E-state index is 12.2. The smallest absolute Gasteiger partial charge is 0.222 e. The Bertz CT molecular complexity index is 895. The van der Waals surface area contributed by atoms with Crippen molar-refractivity contribution in [3.8, 4) is 5.75 Å². The molecule has 0 saturated carbocycles. The summed E-state index contributed by atoms with van der Waals surface area (Å²) in [7, 11) is 1.61. The zero-order valence-electron chi connectivity index (χ0n) is 15.0. The van der Waals surface area contributed by atoms with E-state index in [0.717, 1.165) is 16.8 Å². The summed E-state index contributed by atoms with van der Waals surface area (Å²) in [5, 5.41) is 8.30. The van der Waals surface area contributed by atoms with Gasteiger partial charge in [-0.2, -0.15) is 5.10 Å². The molecule has 0 fully saturated rings. The van der Waals surface area contributed by atoms with E-state index in [0.29, 0.717) is 30.1 Å². The predicted molar refractivity (Wildman–Crippen MR) is 95.6 cm³/mol. The number of benzene rings is 1. The monoisotopic (exact) mass is 341 g/mol. The highest BCUT2D eigenvalue weighted by Crippen LogP contribution is 2.30. The Balaban J connectivity index is 1.64. The summed E-state index contributed by atoms with van der Waals surface area (Å²) in [5.41, 5.74) is 2.72. The van der Waals surface area contributed by atoms with Crippen molar-refractivity contribution in [3.05, 3.63) is 47.5 Å². The molecule has 0 bridgehead atoms. The van der Waals surface area contributed by atoms with Gasteiger partial charge in [0.05, 0.1) is 18.8 Å². The van der Waals surface area contributed by atoms with E-state index in [1.165, 1.54) is 0 Å². The Kier molecular flexibility index (Phi) is 4.79. The van der Waals surface area contributed by atoms with Gasteiger partial charge in [0.15, 0.2) is 11.3 Å². The highest BCUT2D eigenvalue weighted by atomic mass is 16.5. The summed E-state index contributed by atoms with van der Waals surface area (Å²) in [6, 6.07) is 9.45. The number of nitrogens with zero attached hydrogens (tertiary/aromatic N) is 2. The van der Waals surface area contributed by atoms with E-state index in [4.69, 9.17) is 9.15 Å². The van der Waals surface area contributed by atoms with E-state index in [1.54, 1.807) is 7.11 Å². The topological polar surface area (TPSA) is 69.3 Å². The second kappa shape index (κ2) is 7.01. The van der Waals surface area contributed by atoms with E-state index < -0.39 is 0 Å². The summed E-state index contributed by atoms with van der Waals surface area (Å²) in [6.45, 7) is 6.40. The number of furan rings is 1. The molecule has 0 saturated heterocycles. The van der Waals surface area contributed by atoms with Gasteiger partial charge in [-0.3, -0.25) is 9.48 Å². The molecule has 0 unspecified atom stereocenters. The first kappa shape index (κ1) is 17.1. The first-order chi connectivity index (χ1) is 12.0. The fraction of sp³-hybridized carbons (Fsp3) is 0.368. The summed E-state index contributed by atoms with van der Waals surface area (Å²) in [5.74, 6) is 1.36. The van der Waals surface area contributed by atoms with E-state index in [-0.39, 0.29) is 11.9 Å². The van der Waals surface area contributed by atoms with Gasteiger partial charge in [-0.25, -0.2) is 0 Å². The van der Waals surface area contributed by atoms with Crippen LogP contribution in [0, 0.1) is 13.8 Å². The zero-order valence-corrected chi connectivity index (χ0v) is 15.0. The molecule has 0 aliphatic heterocycles. The minimum Gasteiger partial charge on any atom is -0.493 e. The van der Waals surface area contributed by atoms with E-state index >= 15 is 0 Å². The summed E-state index contributed by atoms with van der Waals surface area (Å²) in [4.78, 5) is 12.2. The number of para-hydroxylation sites is 1. The second-order valence-electron chi connectivity index (χ2n) is 6.22. The van der Waals surface area contributed by atoms with Crippen LogP contribution in [-0.4, -0.2) is 22.8 Å². The maximum Gasteiger partial charge on any atom is 0.222 e. The number of nitrogens with one attached hydrogen (secondary N) is 1. The van der Waals surface area contributed by atoms with Crippen molar-refractivity contribution in [2.24, 2.45) is 0 Å². The summed E-state index contributed by atoms with van der Waals surface area (Å²) in [6.07, 6.45) is 0.371. The number of aromatic nitrogens is 2. The minimum absolute atomic E-state index is 0.0347. The zero-order chi connectivity index (χ0) is 18.0. The SMILES string of the molecule is COc1cccc2cc([C@H](C)NC(=O)CCn3nc(C)cc3C)oc12. The van der Waals surface area contributed by atoms with Crippen LogP contribution in [0.5, 0.6) is 5.75 Å². The maximum atomic E-state index is 12.2. The molecule has 0 aliphatic carbocycles. The Morgan fingerprint density at radius 3 is 2.84 bits per heavy atom. The van der Waals surface area contributed by atoms with Crippen LogP contribution < -0.4 is 10.1 Å². The van der Waals surface area contributed by atoms with E-state index in [9.17, 15) is 4.79 Å². The molecule has 1 amide bonds. The lowest BCUT2D eigenvalue weighted by atomic mass is 10.2. The highest BCUT2D eigenvalue weighted by Gasteiger charge is 2.16. The van der Waals surface area contributed by atoms with Crippen molar-refractivity contribution in [1.82, 2.24) is 15.1 Å². The molecular formula is C19H23N3O3. The lowest BCUT2D eigenvalue weighted by Crippen LogP contribution is -2.27. The number of carbonyl (C=O) groups is 1. The molecule has 25 heavy (non-hydrogen) atoms. The van der Waals surface area contributed by atoms with Crippen LogP contribution in [-0.2, 0) is 11.3 Å². The Morgan fingerprint density at radius 2 is 2.16 bits per heavy atom. The number of hydrogen-bond donors (Lipinski definition) is 1. The van der Waals surface area contributed by atoms with Gasteiger partial charge < -0.3 is 14.5 Å². The van der Waals surface area contributed by atoms with Crippen molar-refractivity contribution >= 4 is 16.9 Å². The Hall–Kier alpha value is -2.76. The number of carbonyl (C=O) groups excluding carboxylic acids is 1. The van der Waals surface area contributed by atoms with Gasteiger partial charge in [-0.15, -0.1) is 0 Å². The van der Waals surface area contributed by atoms with Crippen LogP contribution in [0.1, 0.15) is 36.5 Å². The van der Waals surface area contributed by atoms with Crippen molar-refractivity contribution in [1.29, 1.82) is 0 Å². The van der Waals surface area contributed by atoms with E-state index in [2.05, 4.69) is 10.4 Å². The molecule has 0 aliphatic rings. The molecule has 3 rings (SSSR count). The van der Waals surface area contributed by atoms with Crippen LogP contribution in [0.2, 0.25) is 0 Å². The predicted octanol–water partition coefficient (Wildman–Crippen LogP) is 3.52. The lowest BCUT2D eigenvalue weighted by molar-refractivity contribution is -0.122. The second-order valence-corrected chi connectivity index (χ2v) is 6.22. The molecule has 3 aromatic rings. The van der Waals surface area contributed by atoms with E-state index in [1.807, 2.05) is 55.8 Å². The van der Waals surface area contributed by atoms with Gasteiger partial charge in [-0.05, 0) is 39.0 Å². The molecule has 1 atom stereocenters. The third-order valence-electron chi connectivity index (χ3n) is 4.21. The van der Waals surface area contributed by atoms with Crippen molar-refractivity contribution in [2.45, 2.75) is 39.8 Å². The van der Waals surface area contributed by atoms with Crippen LogP contribution in [0.4, 0.5) is 0 Å². The third-order valence-corrected chi connectivity index (χ3v) is 4.21. The number of hydrogen-bond acceptors (Lipinski definition) is 4. The van der Waals surface area contributed by atoms with Gasteiger partial charge in [0.2, 0.25) is 5.91 Å². The first-order valence-electron chi connectivity index (χ1n) is 8.35. The van der Waals surface area contributed by atoms with Crippen LogP contribution in [0.25, 0.3) is 11.0 Å². The number of rotatable bonds is 6. The fourth-order valence-electron chi connectivity index (χ4n) is 2.92. The average molecular weight is 341 g/mol. The largest absolute Gasteiger partial charge is 0.493 e. The molecule has 6 nitrogen and oxygen atoms in total. The van der Waals surface area contributed by atoms with Crippen molar-refractivity contribution < 1.29 is 13.9 Å². The van der Waals surface area contributed by atoms with Crippen molar-refractivity contribution in [2.75, 3.05) is 7.11 Å². The molecule has 6 heteroatoms. The Morgan fingerprint density at radius 1 is 1.36 bits per heavy atom. The quantitative estimate of drug-likeness (QED) is 0.745. The molecule has 1 N–H and O–H groups in total. The van der Waals surface area contributed by atoms with Gasteiger partial charge in [0.1, 0.15) is 5.76 Å². The molecule has 132 valence electrons. The number of amides is 1. The number of ether oxygens (including phenoxy) is 1. The molecule has 0 radical (unpaired) electrons. The van der Waals surface area contributed by atoms with Gasteiger partial charge in [-0.1, -0.05) is 12.1 Å². The standard InChI is InChI=1S/C19H23N3O3/c1-12-10-13(2)22(21-12)9-8-18(23)20-14(3)17-11-15-6-5-7-16(24-4)19(15)25-17/h5-7,10-11,14H,8-9H2,1-4H3,(H,20,23)/t14-/m0/s1. The highest BCUT2D eigenvalue weighted by molar-refractivity contribution is 5.84. The fourth-order valence-corrected chi connectivity index (χ4v) is 2.92. The molecule has 2 heterocycles. The third kappa shape index (κ3) is 3.68. The minimum atomic E-state index is -0.218.